The average molecular weight is 392 g/mol. The van der Waals surface area contributed by atoms with Crippen LogP contribution in [0.3, 0.4) is 0 Å². The number of hydrogen-bond acceptors (Lipinski definition) is 6. The predicted molar refractivity (Wildman–Crippen MR) is 116 cm³/mol. The molecular formula is C22H24N4O3. The molecule has 1 heterocycles. The molecule has 3 rings (SSSR count). The van der Waals surface area contributed by atoms with Gasteiger partial charge < -0.3 is 25.0 Å². The summed E-state index contributed by atoms with van der Waals surface area (Å²) >= 11 is 0. The maximum Gasteiger partial charge on any atom is 0.274 e. The summed E-state index contributed by atoms with van der Waals surface area (Å²) in [6.45, 7) is 0. The van der Waals surface area contributed by atoms with E-state index in [-0.39, 0.29) is 5.91 Å². The predicted octanol–water partition coefficient (Wildman–Crippen LogP) is 4.16. The number of carbonyl (C=O) groups excluding carboxylic acids is 1. The van der Waals surface area contributed by atoms with Crippen LogP contribution in [-0.4, -0.2) is 39.2 Å². The molecule has 0 unspecified atom stereocenters. The zero-order chi connectivity index (χ0) is 20.8. The lowest BCUT2D eigenvalue weighted by atomic mass is 10.2. The molecule has 29 heavy (non-hydrogen) atoms. The Balaban J connectivity index is 1.65. The van der Waals surface area contributed by atoms with E-state index in [0.29, 0.717) is 22.9 Å². The standard InChI is InChI=1S/C22H24N4O3/c1-26(2)18-9-5-15(6-10-18)24-17-7-11-19(23-14-17)22(27)25-16-8-12-20(28-3)21(13-16)29-4/h5-14,24H,1-4H3,(H,25,27). The molecule has 0 bridgehead atoms. The first-order chi connectivity index (χ1) is 14.0. The number of hydrogen-bond donors (Lipinski definition) is 2. The molecule has 0 spiro atoms. The number of rotatable bonds is 7. The number of carbonyl (C=O) groups is 1. The van der Waals surface area contributed by atoms with Gasteiger partial charge in [-0.15, -0.1) is 0 Å². The molecule has 0 atom stereocenters. The van der Waals surface area contributed by atoms with Crippen LogP contribution in [0, 0.1) is 0 Å². The first-order valence-electron chi connectivity index (χ1n) is 9.04. The van der Waals surface area contributed by atoms with Crippen molar-refractivity contribution in [2.75, 3.05) is 43.8 Å². The maximum absolute atomic E-state index is 12.5. The zero-order valence-corrected chi connectivity index (χ0v) is 16.9. The van der Waals surface area contributed by atoms with Crippen molar-refractivity contribution in [3.63, 3.8) is 0 Å². The van der Waals surface area contributed by atoms with Crippen molar-refractivity contribution in [3.05, 3.63) is 66.5 Å². The van der Waals surface area contributed by atoms with E-state index in [4.69, 9.17) is 9.47 Å². The van der Waals surface area contributed by atoms with Crippen LogP contribution in [0.15, 0.2) is 60.8 Å². The van der Waals surface area contributed by atoms with E-state index in [9.17, 15) is 4.79 Å². The Bertz CT molecular complexity index is 970. The van der Waals surface area contributed by atoms with Crippen LogP contribution in [-0.2, 0) is 0 Å². The summed E-state index contributed by atoms with van der Waals surface area (Å²) in [6, 6.07) is 16.7. The Kier molecular flexibility index (Phi) is 6.19. The third-order valence-corrected chi connectivity index (χ3v) is 4.31. The summed E-state index contributed by atoms with van der Waals surface area (Å²) < 4.78 is 10.5. The number of nitrogens with one attached hydrogen (secondary N) is 2. The quantitative estimate of drug-likeness (QED) is 0.629. The van der Waals surface area contributed by atoms with Gasteiger partial charge in [-0.2, -0.15) is 0 Å². The molecule has 1 amide bonds. The van der Waals surface area contributed by atoms with Gasteiger partial charge in [0.2, 0.25) is 0 Å². The van der Waals surface area contributed by atoms with E-state index in [1.165, 1.54) is 0 Å². The minimum Gasteiger partial charge on any atom is -0.493 e. The van der Waals surface area contributed by atoms with Gasteiger partial charge in [0.25, 0.3) is 5.91 Å². The highest BCUT2D eigenvalue weighted by atomic mass is 16.5. The molecule has 7 heteroatoms. The molecule has 0 aliphatic heterocycles. The van der Waals surface area contributed by atoms with Crippen LogP contribution < -0.4 is 25.0 Å². The summed E-state index contributed by atoms with van der Waals surface area (Å²) in [5.41, 5.74) is 3.77. The number of methoxy groups -OCH3 is 2. The molecular weight excluding hydrogens is 368 g/mol. The summed E-state index contributed by atoms with van der Waals surface area (Å²) in [7, 11) is 7.10. The zero-order valence-electron chi connectivity index (χ0n) is 16.9. The van der Waals surface area contributed by atoms with Gasteiger partial charge in [0.05, 0.1) is 26.1 Å². The van der Waals surface area contributed by atoms with Crippen LogP contribution >= 0.6 is 0 Å². The number of ether oxygens (including phenoxy) is 2. The second-order valence-electron chi connectivity index (χ2n) is 6.52. The molecule has 1 aromatic heterocycles. The normalized spacial score (nSPS) is 10.2. The van der Waals surface area contributed by atoms with Gasteiger partial charge in [-0.25, -0.2) is 4.98 Å². The molecule has 150 valence electrons. The summed E-state index contributed by atoms with van der Waals surface area (Å²) in [5, 5.41) is 6.08. The van der Waals surface area contributed by atoms with Crippen molar-refractivity contribution < 1.29 is 14.3 Å². The fourth-order valence-electron chi connectivity index (χ4n) is 2.72. The summed E-state index contributed by atoms with van der Waals surface area (Å²) in [4.78, 5) is 18.8. The third kappa shape index (κ3) is 4.95. The lowest BCUT2D eigenvalue weighted by Crippen LogP contribution is -2.13. The molecule has 0 radical (unpaired) electrons. The molecule has 0 saturated carbocycles. The SMILES string of the molecule is COc1ccc(NC(=O)c2ccc(Nc3ccc(N(C)C)cc3)cn2)cc1OC. The van der Waals surface area contributed by atoms with E-state index in [1.54, 1.807) is 44.7 Å². The highest BCUT2D eigenvalue weighted by Crippen LogP contribution is 2.30. The fourth-order valence-corrected chi connectivity index (χ4v) is 2.72. The van der Waals surface area contributed by atoms with Gasteiger partial charge in [-0.1, -0.05) is 0 Å². The summed E-state index contributed by atoms with van der Waals surface area (Å²) in [6.07, 6.45) is 1.63. The Morgan fingerprint density at radius 2 is 1.52 bits per heavy atom. The van der Waals surface area contributed by atoms with Crippen LogP contribution in [0.25, 0.3) is 0 Å². The molecule has 3 aromatic rings. The number of nitrogens with zero attached hydrogens (tertiary/aromatic N) is 2. The second kappa shape index (κ2) is 8.97. The van der Waals surface area contributed by atoms with Crippen molar-refractivity contribution >= 4 is 28.7 Å². The van der Waals surface area contributed by atoms with E-state index < -0.39 is 0 Å². The van der Waals surface area contributed by atoms with Crippen LogP contribution in [0.1, 0.15) is 10.5 Å². The third-order valence-electron chi connectivity index (χ3n) is 4.31. The molecule has 2 N–H and O–H groups in total. The van der Waals surface area contributed by atoms with Gasteiger partial charge in [0, 0.05) is 37.2 Å². The molecule has 2 aromatic carbocycles. The van der Waals surface area contributed by atoms with Crippen LogP contribution in [0.5, 0.6) is 11.5 Å². The van der Waals surface area contributed by atoms with Gasteiger partial charge in [-0.3, -0.25) is 4.79 Å². The molecule has 0 aliphatic carbocycles. The number of anilines is 4. The molecule has 0 aliphatic rings. The largest absolute Gasteiger partial charge is 0.493 e. The number of amides is 1. The Morgan fingerprint density at radius 1 is 0.862 bits per heavy atom. The van der Waals surface area contributed by atoms with Crippen LogP contribution in [0.4, 0.5) is 22.7 Å². The fraction of sp³-hybridized carbons (Fsp3) is 0.182. The van der Waals surface area contributed by atoms with Gasteiger partial charge in [-0.05, 0) is 48.5 Å². The van der Waals surface area contributed by atoms with Crippen molar-refractivity contribution in [1.29, 1.82) is 0 Å². The van der Waals surface area contributed by atoms with Crippen molar-refractivity contribution in [1.82, 2.24) is 4.98 Å². The number of benzene rings is 2. The van der Waals surface area contributed by atoms with Gasteiger partial charge in [0.15, 0.2) is 11.5 Å². The van der Waals surface area contributed by atoms with Crippen molar-refractivity contribution in [2.45, 2.75) is 0 Å². The number of aromatic nitrogens is 1. The molecule has 7 nitrogen and oxygen atoms in total. The van der Waals surface area contributed by atoms with Crippen molar-refractivity contribution in [2.24, 2.45) is 0 Å². The van der Waals surface area contributed by atoms with Crippen molar-refractivity contribution in [3.8, 4) is 11.5 Å². The number of pyridine rings is 1. The average Bonchev–Trinajstić information content (AvgIpc) is 2.74. The maximum atomic E-state index is 12.5. The van der Waals surface area contributed by atoms with Gasteiger partial charge >= 0.3 is 0 Å². The molecule has 0 fully saturated rings. The lowest BCUT2D eigenvalue weighted by molar-refractivity contribution is 0.102. The topological polar surface area (TPSA) is 75.7 Å². The van der Waals surface area contributed by atoms with E-state index >= 15 is 0 Å². The smallest absolute Gasteiger partial charge is 0.274 e. The Hall–Kier alpha value is -3.74. The van der Waals surface area contributed by atoms with E-state index in [0.717, 1.165) is 17.1 Å². The highest BCUT2D eigenvalue weighted by molar-refractivity contribution is 6.03. The van der Waals surface area contributed by atoms with E-state index in [1.807, 2.05) is 49.3 Å². The molecule has 0 saturated heterocycles. The van der Waals surface area contributed by atoms with E-state index in [2.05, 4.69) is 15.6 Å². The summed E-state index contributed by atoms with van der Waals surface area (Å²) in [5.74, 6) is 0.829. The minimum absolute atomic E-state index is 0.306. The monoisotopic (exact) mass is 392 g/mol. The highest BCUT2D eigenvalue weighted by Gasteiger charge is 2.10. The Labute approximate surface area is 170 Å². The minimum atomic E-state index is -0.306. The second-order valence-corrected chi connectivity index (χ2v) is 6.52. The van der Waals surface area contributed by atoms with Gasteiger partial charge in [0.1, 0.15) is 5.69 Å². The van der Waals surface area contributed by atoms with Crippen LogP contribution in [0.2, 0.25) is 0 Å². The Morgan fingerprint density at radius 3 is 2.10 bits per heavy atom. The first-order valence-corrected chi connectivity index (χ1v) is 9.04. The first kappa shape index (κ1) is 20.0. The lowest BCUT2D eigenvalue weighted by Gasteiger charge is -2.13.